The minimum Gasteiger partial charge on any atom is -0.452 e. The zero-order valence-electron chi connectivity index (χ0n) is 12.5. The van der Waals surface area contributed by atoms with Gasteiger partial charge < -0.3 is 10.1 Å². The smallest absolute Gasteiger partial charge is 0.338 e. The average molecular weight is 370 g/mol. The highest BCUT2D eigenvalue weighted by Gasteiger charge is 2.12. The molecule has 0 saturated heterocycles. The van der Waals surface area contributed by atoms with Gasteiger partial charge in [-0.05, 0) is 36.2 Å². The van der Waals surface area contributed by atoms with E-state index in [4.69, 9.17) is 27.9 Å². The fourth-order valence-electron chi connectivity index (χ4n) is 1.97. The highest BCUT2D eigenvalue weighted by molar-refractivity contribution is 6.35. The van der Waals surface area contributed by atoms with Crippen molar-refractivity contribution in [3.05, 3.63) is 69.5 Å². The van der Waals surface area contributed by atoms with E-state index in [0.29, 0.717) is 22.0 Å². The Hall–Kier alpha value is -2.11. The number of ether oxygens (including phenoxy) is 1. The summed E-state index contributed by atoms with van der Waals surface area (Å²) >= 11 is 11.6. The number of benzene rings is 2. The number of hydrogen-bond donors (Lipinski definition) is 1. The number of esters is 1. The number of amides is 1. The van der Waals surface area contributed by atoms with Crippen molar-refractivity contribution >= 4 is 35.1 Å². The summed E-state index contributed by atoms with van der Waals surface area (Å²) in [5.41, 5.74) is 0.662. The Morgan fingerprint density at radius 2 is 1.75 bits per heavy atom. The van der Waals surface area contributed by atoms with Gasteiger partial charge in [0.05, 0.1) is 5.56 Å². The summed E-state index contributed by atoms with van der Waals surface area (Å²) < 4.78 is 18.3. The van der Waals surface area contributed by atoms with Crippen LogP contribution in [0.1, 0.15) is 15.9 Å². The summed E-state index contributed by atoms with van der Waals surface area (Å²) in [6.45, 7) is -0.208. The molecule has 0 aliphatic carbocycles. The number of carbonyl (C=O) groups excluding carboxylic acids is 2. The maximum atomic E-state index is 13.4. The molecule has 7 heteroatoms. The van der Waals surface area contributed by atoms with Crippen LogP contribution in [0.3, 0.4) is 0 Å². The standard InChI is InChI=1S/C17H14Cl2FNO3/c18-13-7-12(8-14(19)9-13)17(23)24-10-16(22)21-6-5-11-3-1-2-4-15(11)20/h1-4,7-9H,5-6,10H2,(H,21,22). The van der Waals surface area contributed by atoms with Gasteiger partial charge >= 0.3 is 5.97 Å². The van der Waals surface area contributed by atoms with Crippen molar-refractivity contribution in [2.75, 3.05) is 13.2 Å². The maximum absolute atomic E-state index is 13.4. The van der Waals surface area contributed by atoms with Gasteiger partial charge in [-0.2, -0.15) is 0 Å². The molecule has 0 aliphatic rings. The minimum atomic E-state index is -0.705. The molecule has 0 fully saturated rings. The van der Waals surface area contributed by atoms with E-state index in [2.05, 4.69) is 5.32 Å². The van der Waals surface area contributed by atoms with Gasteiger partial charge in [-0.1, -0.05) is 41.4 Å². The number of halogens is 3. The normalized spacial score (nSPS) is 10.3. The molecular weight excluding hydrogens is 356 g/mol. The number of hydrogen-bond acceptors (Lipinski definition) is 3. The molecule has 0 atom stereocenters. The fourth-order valence-corrected chi connectivity index (χ4v) is 2.50. The van der Waals surface area contributed by atoms with E-state index >= 15 is 0 Å². The van der Waals surface area contributed by atoms with Crippen molar-refractivity contribution in [2.24, 2.45) is 0 Å². The zero-order valence-corrected chi connectivity index (χ0v) is 14.0. The van der Waals surface area contributed by atoms with Crippen LogP contribution < -0.4 is 5.32 Å². The van der Waals surface area contributed by atoms with Gasteiger partial charge in [0.2, 0.25) is 0 Å². The van der Waals surface area contributed by atoms with Crippen molar-refractivity contribution < 1.29 is 18.7 Å². The Balaban J connectivity index is 1.76. The predicted molar refractivity (Wildman–Crippen MR) is 89.9 cm³/mol. The molecule has 1 amide bonds. The van der Waals surface area contributed by atoms with Crippen molar-refractivity contribution in [1.82, 2.24) is 5.32 Å². The van der Waals surface area contributed by atoms with Crippen LogP contribution >= 0.6 is 23.2 Å². The molecule has 0 aliphatic heterocycles. The summed E-state index contributed by atoms with van der Waals surface area (Å²) in [5, 5.41) is 3.14. The van der Waals surface area contributed by atoms with Crippen LogP contribution in [0.4, 0.5) is 4.39 Å². The number of nitrogens with one attached hydrogen (secondary N) is 1. The molecule has 0 saturated carbocycles. The summed E-state index contributed by atoms with van der Waals surface area (Å²) in [7, 11) is 0. The Bertz CT molecular complexity index is 732. The van der Waals surface area contributed by atoms with Gasteiger partial charge in [0.1, 0.15) is 5.82 Å². The Morgan fingerprint density at radius 1 is 1.08 bits per heavy atom. The van der Waals surface area contributed by atoms with Crippen molar-refractivity contribution in [1.29, 1.82) is 0 Å². The lowest BCUT2D eigenvalue weighted by Crippen LogP contribution is -2.30. The summed E-state index contributed by atoms with van der Waals surface area (Å²) in [6, 6.07) is 10.6. The van der Waals surface area contributed by atoms with Crippen LogP contribution in [0.15, 0.2) is 42.5 Å². The first-order valence-electron chi connectivity index (χ1n) is 7.09. The molecule has 2 aromatic rings. The van der Waals surface area contributed by atoms with Crippen LogP contribution in [0.5, 0.6) is 0 Å². The molecule has 126 valence electrons. The highest BCUT2D eigenvalue weighted by Crippen LogP contribution is 2.19. The third-order valence-corrected chi connectivity index (χ3v) is 3.54. The third kappa shape index (κ3) is 5.51. The summed E-state index contributed by atoms with van der Waals surface area (Å²) in [6.07, 6.45) is 0.344. The van der Waals surface area contributed by atoms with Gasteiger partial charge in [0, 0.05) is 16.6 Å². The van der Waals surface area contributed by atoms with E-state index in [0.717, 1.165) is 0 Å². The van der Waals surface area contributed by atoms with Crippen LogP contribution in [0.25, 0.3) is 0 Å². The topological polar surface area (TPSA) is 55.4 Å². The van der Waals surface area contributed by atoms with E-state index < -0.39 is 18.5 Å². The number of carbonyl (C=O) groups is 2. The van der Waals surface area contributed by atoms with Crippen LogP contribution in [0.2, 0.25) is 10.0 Å². The van der Waals surface area contributed by atoms with Gasteiger partial charge in [-0.15, -0.1) is 0 Å². The van der Waals surface area contributed by atoms with Crippen molar-refractivity contribution in [3.8, 4) is 0 Å². The highest BCUT2D eigenvalue weighted by atomic mass is 35.5. The Morgan fingerprint density at radius 3 is 2.42 bits per heavy atom. The maximum Gasteiger partial charge on any atom is 0.338 e. The zero-order chi connectivity index (χ0) is 17.5. The molecule has 0 unspecified atom stereocenters. The van der Waals surface area contributed by atoms with Crippen LogP contribution in [0, 0.1) is 5.82 Å². The monoisotopic (exact) mass is 369 g/mol. The molecule has 0 spiro atoms. The molecule has 2 aromatic carbocycles. The van der Waals surface area contributed by atoms with E-state index in [-0.39, 0.29) is 17.9 Å². The van der Waals surface area contributed by atoms with Gasteiger partial charge in [0.15, 0.2) is 6.61 Å². The predicted octanol–water partition coefficient (Wildman–Crippen LogP) is 3.65. The molecule has 0 bridgehead atoms. The summed E-state index contributed by atoms with van der Waals surface area (Å²) in [4.78, 5) is 23.5. The molecule has 1 N–H and O–H groups in total. The van der Waals surface area contributed by atoms with E-state index in [9.17, 15) is 14.0 Å². The molecular formula is C17H14Cl2FNO3. The molecule has 2 rings (SSSR count). The number of rotatable bonds is 6. The second-order valence-corrected chi connectivity index (χ2v) is 5.80. The Kier molecular flexibility index (Phi) is 6.58. The van der Waals surface area contributed by atoms with Crippen LogP contribution in [-0.2, 0) is 16.0 Å². The minimum absolute atomic E-state index is 0.159. The second kappa shape index (κ2) is 8.66. The van der Waals surface area contributed by atoms with Gasteiger partial charge in [-0.3, -0.25) is 4.79 Å². The largest absolute Gasteiger partial charge is 0.452 e. The van der Waals surface area contributed by atoms with Crippen molar-refractivity contribution in [2.45, 2.75) is 6.42 Å². The lowest BCUT2D eigenvalue weighted by Gasteiger charge is -2.07. The molecule has 24 heavy (non-hydrogen) atoms. The fraction of sp³-hybridized carbons (Fsp3) is 0.176. The lowest BCUT2D eigenvalue weighted by atomic mass is 10.1. The van der Waals surface area contributed by atoms with E-state index in [1.165, 1.54) is 24.3 Å². The average Bonchev–Trinajstić information content (AvgIpc) is 2.53. The quantitative estimate of drug-likeness (QED) is 0.790. The molecule has 0 aromatic heterocycles. The van der Waals surface area contributed by atoms with Gasteiger partial charge in [-0.25, -0.2) is 9.18 Å². The SMILES string of the molecule is O=C(COC(=O)c1cc(Cl)cc(Cl)c1)NCCc1ccccc1F. The van der Waals surface area contributed by atoms with Crippen LogP contribution in [-0.4, -0.2) is 25.0 Å². The third-order valence-electron chi connectivity index (χ3n) is 3.11. The molecule has 0 radical (unpaired) electrons. The lowest BCUT2D eigenvalue weighted by molar-refractivity contribution is -0.124. The van der Waals surface area contributed by atoms with E-state index in [1.807, 2.05) is 0 Å². The second-order valence-electron chi connectivity index (χ2n) is 4.93. The van der Waals surface area contributed by atoms with Crippen molar-refractivity contribution in [3.63, 3.8) is 0 Å². The van der Waals surface area contributed by atoms with E-state index in [1.54, 1.807) is 18.2 Å². The summed E-state index contributed by atoms with van der Waals surface area (Å²) in [5.74, 6) is -1.51. The first-order chi connectivity index (χ1) is 11.5. The molecule has 0 heterocycles. The van der Waals surface area contributed by atoms with Gasteiger partial charge in [0.25, 0.3) is 5.91 Å². The first-order valence-corrected chi connectivity index (χ1v) is 7.84. The Labute approximate surface area is 148 Å². The molecule has 4 nitrogen and oxygen atoms in total. The first kappa shape index (κ1) is 18.2.